The van der Waals surface area contributed by atoms with Crippen molar-refractivity contribution in [1.82, 2.24) is 0 Å². The van der Waals surface area contributed by atoms with Crippen molar-refractivity contribution in [3.63, 3.8) is 0 Å². The van der Waals surface area contributed by atoms with Gasteiger partial charge in [0.1, 0.15) is 5.69 Å². The highest BCUT2D eigenvalue weighted by atomic mass is 79.9. The lowest BCUT2D eigenvalue weighted by Gasteiger charge is -2.08. The van der Waals surface area contributed by atoms with Crippen LogP contribution in [0.2, 0.25) is 10.0 Å². The Morgan fingerprint density at radius 1 is 1.19 bits per heavy atom. The molecule has 2 rings (SSSR count). The van der Waals surface area contributed by atoms with E-state index < -0.39 is 10.8 Å². The first-order chi connectivity index (χ1) is 9.90. The van der Waals surface area contributed by atoms with Gasteiger partial charge in [-0.25, -0.2) is 0 Å². The Kier molecular flexibility index (Phi) is 4.82. The fraction of sp³-hybridized carbons (Fsp3) is 0. The summed E-state index contributed by atoms with van der Waals surface area (Å²) in [4.78, 5) is 22.5. The number of hydrogen-bond acceptors (Lipinski definition) is 3. The maximum Gasteiger partial charge on any atom is 0.294 e. The summed E-state index contributed by atoms with van der Waals surface area (Å²) in [6, 6.07) is 8.73. The number of para-hydroxylation sites is 1. The third-order valence-corrected chi connectivity index (χ3v) is 4.14. The molecule has 1 N–H and O–H groups in total. The molecule has 5 nitrogen and oxygen atoms in total. The molecule has 0 fully saturated rings. The zero-order valence-corrected chi connectivity index (χ0v) is 13.4. The molecule has 0 aliphatic carbocycles. The molecule has 2 aromatic carbocycles. The largest absolute Gasteiger partial charge is 0.315 e. The van der Waals surface area contributed by atoms with Gasteiger partial charge in [-0.2, -0.15) is 0 Å². The smallest absolute Gasteiger partial charge is 0.294 e. The van der Waals surface area contributed by atoms with Gasteiger partial charge in [0.25, 0.3) is 11.6 Å². The second-order valence-electron chi connectivity index (χ2n) is 3.97. The first-order valence-electron chi connectivity index (χ1n) is 5.59. The highest BCUT2D eigenvalue weighted by Crippen LogP contribution is 2.32. The van der Waals surface area contributed by atoms with Crippen LogP contribution in [0.1, 0.15) is 10.4 Å². The Labute approximate surface area is 138 Å². The lowest BCUT2D eigenvalue weighted by Crippen LogP contribution is -2.13. The van der Waals surface area contributed by atoms with Crippen LogP contribution in [-0.2, 0) is 0 Å². The van der Waals surface area contributed by atoms with Gasteiger partial charge in [0.05, 0.1) is 15.0 Å². The monoisotopic (exact) mass is 388 g/mol. The second kappa shape index (κ2) is 6.43. The summed E-state index contributed by atoms with van der Waals surface area (Å²) in [5, 5.41) is 14.0. The summed E-state index contributed by atoms with van der Waals surface area (Å²) in [5.41, 5.74) is -0.0235. The number of carbonyl (C=O) groups excluding carboxylic acids is 1. The van der Waals surface area contributed by atoms with Crippen LogP contribution < -0.4 is 5.32 Å². The Morgan fingerprint density at radius 3 is 2.52 bits per heavy atom. The molecule has 108 valence electrons. The number of nitrogens with one attached hydrogen (secondary N) is 1. The number of nitrogens with zero attached hydrogens (tertiary/aromatic N) is 1. The van der Waals surface area contributed by atoms with Gasteiger partial charge >= 0.3 is 0 Å². The highest BCUT2D eigenvalue weighted by Gasteiger charge is 2.19. The van der Waals surface area contributed by atoms with Crippen molar-refractivity contribution in [3.8, 4) is 0 Å². The number of nitro groups is 1. The van der Waals surface area contributed by atoms with Crippen LogP contribution in [0.25, 0.3) is 0 Å². The minimum atomic E-state index is -0.612. The van der Waals surface area contributed by atoms with Gasteiger partial charge in [-0.05, 0) is 40.2 Å². The fourth-order valence-corrected chi connectivity index (χ4v) is 2.32. The summed E-state index contributed by atoms with van der Waals surface area (Å²) < 4.78 is 0.547. The molecular formula is C13H7BrCl2N2O3. The maximum absolute atomic E-state index is 12.1. The molecule has 0 spiro atoms. The van der Waals surface area contributed by atoms with Gasteiger partial charge in [0.2, 0.25) is 0 Å². The van der Waals surface area contributed by atoms with Crippen LogP contribution in [-0.4, -0.2) is 10.8 Å². The number of anilines is 1. The van der Waals surface area contributed by atoms with E-state index in [2.05, 4.69) is 21.2 Å². The summed E-state index contributed by atoms with van der Waals surface area (Å²) in [6.07, 6.45) is 0. The van der Waals surface area contributed by atoms with Crippen molar-refractivity contribution in [2.45, 2.75) is 0 Å². The minimum absolute atomic E-state index is 0.0414. The SMILES string of the molecule is O=C(Nc1c(Cl)cccc1[N+](=O)[O-])c1ccc(Cl)c(Br)c1. The van der Waals surface area contributed by atoms with Gasteiger partial charge in [0.15, 0.2) is 0 Å². The fourth-order valence-electron chi connectivity index (χ4n) is 1.61. The molecule has 0 saturated heterocycles. The van der Waals surface area contributed by atoms with E-state index in [-0.39, 0.29) is 16.4 Å². The molecule has 21 heavy (non-hydrogen) atoms. The molecular weight excluding hydrogens is 383 g/mol. The standard InChI is InChI=1S/C13H7BrCl2N2O3/c14-8-6-7(4-5-9(8)15)13(19)17-12-10(16)2-1-3-11(12)18(20)21/h1-6H,(H,17,19). The number of rotatable bonds is 3. The van der Waals surface area contributed by atoms with Crippen molar-refractivity contribution in [1.29, 1.82) is 0 Å². The summed E-state index contributed by atoms with van der Waals surface area (Å²) in [7, 11) is 0. The van der Waals surface area contributed by atoms with Crippen molar-refractivity contribution in [2.75, 3.05) is 5.32 Å². The lowest BCUT2D eigenvalue weighted by atomic mass is 10.2. The molecule has 0 atom stereocenters. The molecule has 0 aliphatic rings. The summed E-state index contributed by atoms with van der Waals surface area (Å²) >= 11 is 15.0. The van der Waals surface area contributed by atoms with E-state index >= 15 is 0 Å². The Morgan fingerprint density at radius 2 is 1.90 bits per heavy atom. The van der Waals surface area contributed by atoms with Crippen molar-refractivity contribution < 1.29 is 9.72 Å². The Hall–Kier alpha value is -1.63. The molecule has 1 amide bonds. The molecule has 8 heteroatoms. The number of nitro benzene ring substituents is 1. The van der Waals surface area contributed by atoms with E-state index in [1.165, 1.54) is 30.3 Å². The van der Waals surface area contributed by atoms with Gasteiger partial charge in [-0.3, -0.25) is 14.9 Å². The molecule has 0 bridgehead atoms. The zero-order chi connectivity index (χ0) is 15.6. The number of benzene rings is 2. The third kappa shape index (κ3) is 3.53. The predicted octanol–water partition coefficient (Wildman–Crippen LogP) is 4.92. The Balaban J connectivity index is 2.36. The molecule has 0 unspecified atom stereocenters. The molecule has 0 saturated carbocycles. The van der Waals surface area contributed by atoms with Crippen molar-refractivity contribution in [3.05, 3.63) is 66.6 Å². The highest BCUT2D eigenvalue weighted by molar-refractivity contribution is 9.10. The average molecular weight is 390 g/mol. The van der Waals surface area contributed by atoms with E-state index in [1.54, 1.807) is 6.07 Å². The number of halogens is 3. The number of amides is 1. The number of hydrogen-bond donors (Lipinski definition) is 1. The van der Waals surface area contributed by atoms with Crippen molar-refractivity contribution in [2.24, 2.45) is 0 Å². The minimum Gasteiger partial charge on any atom is -0.315 e. The maximum atomic E-state index is 12.1. The summed E-state index contributed by atoms with van der Waals surface area (Å²) in [5.74, 6) is -0.524. The predicted molar refractivity (Wildman–Crippen MR) is 85.2 cm³/mol. The van der Waals surface area contributed by atoms with Crippen molar-refractivity contribution >= 4 is 56.4 Å². The van der Waals surface area contributed by atoms with Gasteiger partial charge in [-0.1, -0.05) is 29.3 Å². The first-order valence-corrected chi connectivity index (χ1v) is 7.14. The molecule has 0 aliphatic heterocycles. The normalized spacial score (nSPS) is 10.2. The summed E-state index contributed by atoms with van der Waals surface area (Å²) in [6.45, 7) is 0. The van der Waals surface area contributed by atoms with Crippen LogP contribution in [0.3, 0.4) is 0 Å². The van der Waals surface area contributed by atoms with Crippen LogP contribution in [0, 0.1) is 10.1 Å². The molecule has 0 heterocycles. The van der Waals surface area contributed by atoms with Crippen LogP contribution in [0.4, 0.5) is 11.4 Å². The third-order valence-electron chi connectivity index (χ3n) is 2.61. The van der Waals surface area contributed by atoms with Gasteiger partial charge in [-0.15, -0.1) is 0 Å². The first kappa shape index (κ1) is 15.8. The zero-order valence-electron chi connectivity index (χ0n) is 10.3. The molecule has 2 aromatic rings. The second-order valence-corrected chi connectivity index (χ2v) is 5.64. The number of carbonyl (C=O) groups is 1. The van der Waals surface area contributed by atoms with Crippen LogP contribution in [0.5, 0.6) is 0 Å². The lowest BCUT2D eigenvalue weighted by molar-refractivity contribution is -0.383. The quantitative estimate of drug-likeness (QED) is 0.598. The molecule has 0 aromatic heterocycles. The van der Waals surface area contributed by atoms with Gasteiger partial charge < -0.3 is 5.32 Å². The topological polar surface area (TPSA) is 72.2 Å². The van der Waals surface area contributed by atoms with E-state index in [1.807, 2.05) is 0 Å². The van der Waals surface area contributed by atoms with Crippen LogP contribution in [0.15, 0.2) is 40.9 Å². The average Bonchev–Trinajstić information content (AvgIpc) is 2.43. The Bertz CT molecular complexity index is 737. The van der Waals surface area contributed by atoms with E-state index in [4.69, 9.17) is 23.2 Å². The van der Waals surface area contributed by atoms with E-state index in [9.17, 15) is 14.9 Å². The molecule has 0 radical (unpaired) electrons. The van der Waals surface area contributed by atoms with Gasteiger partial charge in [0, 0.05) is 16.1 Å². The van der Waals surface area contributed by atoms with E-state index in [0.717, 1.165) is 0 Å². The van der Waals surface area contributed by atoms with E-state index in [0.29, 0.717) is 15.1 Å². The van der Waals surface area contributed by atoms with Crippen LogP contribution >= 0.6 is 39.1 Å².